The van der Waals surface area contributed by atoms with Gasteiger partial charge < -0.3 is 10.4 Å². The van der Waals surface area contributed by atoms with Gasteiger partial charge in [-0.2, -0.15) is 0 Å². The first-order chi connectivity index (χ1) is 8.63. The molecule has 1 aromatic carbocycles. The Morgan fingerprint density at radius 3 is 2.26 bits per heavy atom. The highest BCUT2D eigenvalue weighted by Crippen LogP contribution is 2.28. The Morgan fingerprint density at radius 2 is 1.79 bits per heavy atom. The summed E-state index contributed by atoms with van der Waals surface area (Å²) in [4.78, 5) is 1.89. The van der Waals surface area contributed by atoms with Crippen molar-refractivity contribution in [3.8, 4) is 0 Å². The second-order valence-electron chi connectivity index (χ2n) is 4.27. The number of aliphatic hydroxyl groups excluding tert-OH is 1. The predicted octanol–water partition coefficient (Wildman–Crippen LogP) is 2.09. The summed E-state index contributed by atoms with van der Waals surface area (Å²) in [5, 5.41) is 12.6. The molecule has 0 bridgehead atoms. The van der Waals surface area contributed by atoms with Gasteiger partial charge in [0.1, 0.15) is 11.6 Å². The van der Waals surface area contributed by atoms with Crippen LogP contribution in [0.3, 0.4) is 0 Å². The van der Waals surface area contributed by atoms with Crippen molar-refractivity contribution in [3.05, 3.63) is 33.8 Å². The van der Waals surface area contributed by atoms with E-state index in [1.807, 2.05) is 4.90 Å². The number of hydrogen-bond acceptors (Lipinski definition) is 3. The minimum absolute atomic E-state index is 0. The minimum Gasteiger partial charge on any atom is -0.394 e. The molecule has 1 aliphatic rings. The van der Waals surface area contributed by atoms with Crippen molar-refractivity contribution in [2.45, 2.75) is 6.04 Å². The molecular formula is C12H16BrClF2N2O. The first kappa shape index (κ1) is 16.8. The van der Waals surface area contributed by atoms with Crippen LogP contribution in [-0.2, 0) is 0 Å². The molecule has 0 saturated carbocycles. The number of halogens is 4. The zero-order valence-corrected chi connectivity index (χ0v) is 12.6. The maximum Gasteiger partial charge on any atom is 0.132 e. The highest BCUT2D eigenvalue weighted by atomic mass is 79.9. The van der Waals surface area contributed by atoms with E-state index in [1.165, 1.54) is 12.1 Å². The third kappa shape index (κ3) is 3.86. The maximum atomic E-state index is 13.9. The molecule has 1 heterocycles. The Hall–Kier alpha value is -0.270. The number of benzene rings is 1. The van der Waals surface area contributed by atoms with Gasteiger partial charge in [0.25, 0.3) is 0 Å². The number of nitrogens with zero attached hydrogens (tertiary/aromatic N) is 1. The average molecular weight is 358 g/mol. The third-order valence-corrected chi connectivity index (χ3v) is 3.60. The molecule has 19 heavy (non-hydrogen) atoms. The lowest BCUT2D eigenvalue weighted by Gasteiger charge is -2.34. The van der Waals surface area contributed by atoms with Crippen LogP contribution in [0.1, 0.15) is 11.6 Å². The summed E-state index contributed by atoms with van der Waals surface area (Å²) >= 11 is 3.05. The summed E-state index contributed by atoms with van der Waals surface area (Å²) in [5.74, 6) is -1.25. The fraction of sp³-hybridized carbons (Fsp3) is 0.500. The molecule has 0 aliphatic carbocycles. The zero-order valence-electron chi connectivity index (χ0n) is 10.2. The van der Waals surface area contributed by atoms with E-state index in [0.717, 1.165) is 13.1 Å². The summed E-state index contributed by atoms with van der Waals surface area (Å²) in [7, 11) is 0. The molecule has 0 unspecified atom stereocenters. The Morgan fingerprint density at radius 1 is 1.26 bits per heavy atom. The van der Waals surface area contributed by atoms with Crippen LogP contribution in [0.15, 0.2) is 16.6 Å². The monoisotopic (exact) mass is 356 g/mol. The highest BCUT2D eigenvalue weighted by molar-refractivity contribution is 9.10. The molecule has 0 amide bonds. The summed E-state index contributed by atoms with van der Waals surface area (Å²) < 4.78 is 28.1. The van der Waals surface area contributed by atoms with Crippen molar-refractivity contribution >= 4 is 28.3 Å². The molecular weight excluding hydrogens is 341 g/mol. The Labute approximate surface area is 125 Å². The van der Waals surface area contributed by atoms with Gasteiger partial charge in [-0.15, -0.1) is 12.4 Å². The summed E-state index contributed by atoms with van der Waals surface area (Å²) in [6.45, 7) is 2.56. The fourth-order valence-electron chi connectivity index (χ4n) is 2.25. The lowest BCUT2D eigenvalue weighted by Crippen LogP contribution is -2.46. The lowest BCUT2D eigenvalue weighted by molar-refractivity contribution is 0.105. The summed E-state index contributed by atoms with van der Waals surface area (Å²) in [5.41, 5.74) is -0.0531. The largest absolute Gasteiger partial charge is 0.394 e. The van der Waals surface area contributed by atoms with Crippen LogP contribution in [0.4, 0.5) is 8.78 Å². The quantitative estimate of drug-likeness (QED) is 0.869. The number of aliphatic hydroxyl groups is 1. The molecule has 2 N–H and O–H groups in total. The van der Waals surface area contributed by atoms with Gasteiger partial charge in [-0.3, -0.25) is 4.90 Å². The number of nitrogens with one attached hydrogen (secondary N) is 1. The van der Waals surface area contributed by atoms with E-state index < -0.39 is 17.7 Å². The van der Waals surface area contributed by atoms with Crippen LogP contribution in [0.2, 0.25) is 0 Å². The van der Waals surface area contributed by atoms with Crippen molar-refractivity contribution in [1.29, 1.82) is 0 Å². The molecule has 1 aromatic rings. The molecule has 1 saturated heterocycles. The number of piperazine rings is 1. The van der Waals surface area contributed by atoms with Crippen molar-refractivity contribution in [1.82, 2.24) is 10.2 Å². The second-order valence-corrected chi connectivity index (χ2v) is 5.18. The van der Waals surface area contributed by atoms with Crippen LogP contribution >= 0.6 is 28.3 Å². The Kier molecular flexibility index (Phi) is 6.62. The van der Waals surface area contributed by atoms with Crippen LogP contribution in [-0.4, -0.2) is 42.8 Å². The van der Waals surface area contributed by atoms with Crippen LogP contribution < -0.4 is 5.32 Å². The average Bonchev–Trinajstić information content (AvgIpc) is 2.34. The van der Waals surface area contributed by atoms with E-state index in [-0.39, 0.29) is 24.6 Å². The smallest absolute Gasteiger partial charge is 0.132 e. The fourth-order valence-corrected chi connectivity index (χ4v) is 2.66. The topological polar surface area (TPSA) is 35.5 Å². The zero-order chi connectivity index (χ0) is 13.1. The second kappa shape index (κ2) is 7.50. The Bertz CT molecular complexity index is 407. The maximum absolute atomic E-state index is 13.9. The van der Waals surface area contributed by atoms with Gasteiger partial charge in [-0.05, 0) is 12.1 Å². The predicted molar refractivity (Wildman–Crippen MR) is 75.6 cm³/mol. The SMILES string of the molecule is Cl.OC[C@H](c1c(F)cc(Br)cc1F)N1CCNCC1. The van der Waals surface area contributed by atoms with Gasteiger partial charge in [0.15, 0.2) is 0 Å². The van der Waals surface area contributed by atoms with E-state index in [9.17, 15) is 13.9 Å². The van der Waals surface area contributed by atoms with Gasteiger partial charge in [0.2, 0.25) is 0 Å². The van der Waals surface area contributed by atoms with E-state index in [1.54, 1.807) is 0 Å². The molecule has 1 atom stereocenters. The first-order valence-corrected chi connectivity index (χ1v) is 6.63. The Balaban J connectivity index is 0.00000180. The van der Waals surface area contributed by atoms with Crippen LogP contribution in [0.5, 0.6) is 0 Å². The van der Waals surface area contributed by atoms with Crippen LogP contribution in [0.25, 0.3) is 0 Å². The van der Waals surface area contributed by atoms with Gasteiger partial charge >= 0.3 is 0 Å². The molecule has 7 heteroatoms. The molecule has 0 spiro atoms. The van der Waals surface area contributed by atoms with Crippen molar-refractivity contribution in [2.75, 3.05) is 32.8 Å². The van der Waals surface area contributed by atoms with E-state index >= 15 is 0 Å². The summed E-state index contributed by atoms with van der Waals surface area (Å²) in [6.07, 6.45) is 0. The van der Waals surface area contributed by atoms with Crippen molar-refractivity contribution < 1.29 is 13.9 Å². The highest BCUT2D eigenvalue weighted by Gasteiger charge is 2.27. The molecule has 3 nitrogen and oxygen atoms in total. The lowest BCUT2D eigenvalue weighted by atomic mass is 10.0. The number of hydrogen-bond donors (Lipinski definition) is 2. The van der Waals surface area contributed by atoms with Gasteiger partial charge in [-0.1, -0.05) is 15.9 Å². The molecule has 2 rings (SSSR count). The third-order valence-electron chi connectivity index (χ3n) is 3.14. The van der Waals surface area contributed by atoms with Crippen molar-refractivity contribution in [2.24, 2.45) is 0 Å². The van der Waals surface area contributed by atoms with Crippen LogP contribution in [0, 0.1) is 11.6 Å². The van der Waals surface area contributed by atoms with Gasteiger partial charge in [-0.25, -0.2) is 8.78 Å². The molecule has 108 valence electrons. The van der Waals surface area contributed by atoms with E-state index in [2.05, 4.69) is 21.2 Å². The first-order valence-electron chi connectivity index (χ1n) is 5.83. The molecule has 1 aliphatic heterocycles. The minimum atomic E-state index is -0.626. The van der Waals surface area contributed by atoms with E-state index in [0.29, 0.717) is 17.6 Å². The molecule has 0 aromatic heterocycles. The number of rotatable bonds is 3. The standard InChI is InChI=1S/C12H15BrF2N2O.ClH/c13-8-5-9(14)12(10(15)6-8)11(7-18)17-3-1-16-2-4-17;/h5-6,11,16,18H,1-4,7H2;1H/t11-;/m1./s1. The van der Waals surface area contributed by atoms with Crippen molar-refractivity contribution in [3.63, 3.8) is 0 Å². The van der Waals surface area contributed by atoms with Gasteiger partial charge in [0, 0.05) is 36.2 Å². The molecule has 1 fully saturated rings. The van der Waals surface area contributed by atoms with Gasteiger partial charge in [0.05, 0.1) is 12.6 Å². The summed E-state index contributed by atoms with van der Waals surface area (Å²) in [6, 6.07) is 1.83. The van der Waals surface area contributed by atoms with E-state index in [4.69, 9.17) is 0 Å². The molecule has 0 radical (unpaired) electrons. The normalized spacial score (nSPS) is 17.9.